The van der Waals surface area contributed by atoms with Crippen molar-refractivity contribution in [2.24, 2.45) is 4.99 Å². The first kappa shape index (κ1) is 25.2. The lowest BCUT2D eigenvalue weighted by molar-refractivity contribution is -0.130. The van der Waals surface area contributed by atoms with Crippen molar-refractivity contribution in [3.8, 4) is 5.75 Å². The van der Waals surface area contributed by atoms with Crippen molar-refractivity contribution >= 4 is 11.9 Å². The van der Waals surface area contributed by atoms with Crippen molar-refractivity contribution in [2.45, 2.75) is 32.9 Å². The Morgan fingerprint density at radius 1 is 1.09 bits per heavy atom. The van der Waals surface area contributed by atoms with Gasteiger partial charge in [0, 0.05) is 65.9 Å². The van der Waals surface area contributed by atoms with E-state index in [1.165, 1.54) is 0 Å². The molecule has 2 aromatic carbocycles. The van der Waals surface area contributed by atoms with Gasteiger partial charge in [-0.2, -0.15) is 0 Å². The number of nitrogens with one attached hydrogen (secondary N) is 2. The topological polar surface area (TPSA) is 75.2 Å². The number of hydrogen-bond acceptors (Lipinski definition) is 4. The van der Waals surface area contributed by atoms with Gasteiger partial charge in [0.2, 0.25) is 5.91 Å². The number of aliphatic imine (C=N–C) groups is 1. The Balaban J connectivity index is 1.78. The fraction of sp³-hybridized carbons (Fsp3) is 0.440. The number of guanidine groups is 1. The second-order valence-corrected chi connectivity index (χ2v) is 7.64. The first-order chi connectivity index (χ1) is 15.5. The zero-order chi connectivity index (χ0) is 23.2. The van der Waals surface area contributed by atoms with E-state index in [1.807, 2.05) is 50.4 Å². The van der Waals surface area contributed by atoms with Gasteiger partial charge in [-0.1, -0.05) is 42.5 Å². The standard InChI is InChI=1S/C25H36N4O3/c1-20-11-12-22(23(17-20)32-16-8-15-31-4)18-28-25(26-2)27-14-13-24(30)29(3)19-21-9-6-5-7-10-21/h5-7,9-12,17H,8,13-16,18-19H2,1-4H3,(H2,26,27,28). The first-order valence-electron chi connectivity index (χ1n) is 11.0. The summed E-state index contributed by atoms with van der Waals surface area (Å²) < 4.78 is 11.0. The largest absolute Gasteiger partial charge is 0.493 e. The van der Waals surface area contributed by atoms with Gasteiger partial charge in [0.1, 0.15) is 5.75 Å². The average Bonchev–Trinajstić information content (AvgIpc) is 2.80. The minimum atomic E-state index is 0.0853. The van der Waals surface area contributed by atoms with Crippen molar-refractivity contribution in [1.82, 2.24) is 15.5 Å². The summed E-state index contributed by atoms with van der Waals surface area (Å²) >= 11 is 0. The van der Waals surface area contributed by atoms with E-state index in [0.29, 0.717) is 45.2 Å². The molecule has 7 nitrogen and oxygen atoms in total. The van der Waals surface area contributed by atoms with Crippen molar-refractivity contribution in [1.29, 1.82) is 0 Å². The van der Waals surface area contributed by atoms with E-state index in [2.05, 4.69) is 27.8 Å². The average molecular weight is 441 g/mol. The van der Waals surface area contributed by atoms with Crippen LogP contribution in [-0.4, -0.2) is 57.7 Å². The van der Waals surface area contributed by atoms with Crippen LogP contribution in [0, 0.1) is 6.92 Å². The molecule has 0 aliphatic carbocycles. The van der Waals surface area contributed by atoms with Crippen molar-refractivity contribution in [3.63, 3.8) is 0 Å². The van der Waals surface area contributed by atoms with E-state index in [0.717, 1.165) is 28.9 Å². The Bertz CT molecular complexity index is 856. The third-order valence-corrected chi connectivity index (χ3v) is 4.96. The molecule has 2 N–H and O–H groups in total. The predicted octanol–water partition coefficient (Wildman–Crippen LogP) is 3.12. The Labute approximate surface area is 191 Å². The molecule has 0 heterocycles. The van der Waals surface area contributed by atoms with Gasteiger partial charge in [-0.3, -0.25) is 9.79 Å². The van der Waals surface area contributed by atoms with Crippen molar-refractivity contribution in [2.75, 3.05) is 41.0 Å². The number of methoxy groups -OCH3 is 1. The number of carbonyl (C=O) groups is 1. The van der Waals surface area contributed by atoms with Gasteiger partial charge in [-0.15, -0.1) is 0 Å². The number of benzene rings is 2. The van der Waals surface area contributed by atoms with Crippen LogP contribution < -0.4 is 15.4 Å². The van der Waals surface area contributed by atoms with Crippen LogP contribution in [-0.2, 0) is 22.6 Å². The molecular weight excluding hydrogens is 404 g/mol. The quantitative estimate of drug-likeness (QED) is 0.301. The van der Waals surface area contributed by atoms with Crippen LogP contribution in [0.15, 0.2) is 53.5 Å². The Morgan fingerprint density at radius 2 is 1.88 bits per heavy atom. The van der Waals surface area contributed by atoms with E-state index in [9.17, 15) is 4.79 Å². The monoisotopic (exact) mass is 440 g/mol. The van der Waals surface area contributed by atoms with Gasteiger partial charge in [0.05, 0.1) is 6.61 Å². The minimum absolute atomic E-state index is 0.0853. The number of aryl methyl sites for hydroxylation is 1. The second kappa shape index (κ2) is 14.1. The van der Waals surface area contributed by atoms with Crippen LogP contribution in [0.1, 0.15) is 29.5 Å². The van der Waals surface area contributed by atoms with Crippen LogP contribution >= 0.6 is 0 Å². The van der Waals surface area contributed by atoms with Crippen LogP contribution in [0.3, 0.4) is 0 Å². The highest BCUT2D eigenvalue weighted by Gasteiger charge is 2.10. The maximum atomic E-state index is 12.4. The van der Waals surface area contributed by atoms with E-state index in [-0.39, 0.29) is 5.91 Å². The summed E-state index contributed by atoms with van der Waals surface area (Å²) in [5.74, 6) is 1.60. The zero-order valence-corrected chi connectivity index (χ0v) is 19.7. The summed E-state index contributed by atoms with van der Waals surface area (Å²) in [4.78, 5) is 18.4. The number of amides is 1. The highest BCUT2D eigenvalue weighted by atomic mass is 16.5. The van der Waals surface area contributed by atoms with Gasteiger partial charge in [0.15, 0.2) is 5.96 Å². The van der Waals surface area contributed by atoms with E-state index < -0.39 is 0 Å². The smallest absolute Gasteiger partial charge is 0.224 e. The lowest BCUT2D eigenvalue weighted by Crippen LogP contribution is -2.39. The third kappa shape index (κ3) is 8.98. The molecule has 0 radical (unpaired) electrons. The maximum Gasteiger partial charge on any atom is 0.224 e. The molecule has 174 valence electrons. The Hall–Kier alpha value is -3.06. The van der Waals surface area contributed by atoms with Crippen molar-refractivity contribution < 1.29 is 14.3 Å². The lowest BCUT2D eigenvalue weighted by atomic mass is 10.1. The lowest BCUT2D eigenvalue weighted by Gasteiger charge is -2.18. The van der Waals surface area contributed by atoms with Crippen LogP contribution in [0.2, 0.25) is 0 Å². The number of ether oxygens (including phenoxy) is 2. The summed E-state index contributed by atoms with van der Waals surface area (Å²) in [7, 11) is 5.24. The fourth-order valence-electron chi connectivity index (χ4n) is 3.15. The molecule has 32 heavy (non-hydrogen) atoms. The summed E-state index contributed by atoms with van der Waals surface area (Å²) in [6, 6.07) is 16.1. The molecule has 1 amide bonds. The third-order valence-electron chi connectivity index (χ3n) is 4.96. The minimum Gasteiger partial charge on any atom is -0.493 e. The summed E-state index contributed by atoms with van der Waals surface area (Å²) in [5, 5.41) is 6.51. The summed E-state index contributed by atoms with van der Waals surface area (Å²) in [5.41, 5.74) is 3.32. The molecule has 2 rings (SSSR count). The van der Waals surface area contributed by atoms with Gasteiger partial charge in [-0.25, -0.2) is 0 Å². The first-order valence-corrected chi connectivity index (χ1v) is 11.0. The molecule has 0 aromatic heterocycles. The van der Waals surface area contributed by atoms with E-state index in [4.69, 9.17) is 9.47 Å². The number of hydrogen-bond donors (Lipinski definition) is 2. The van der Waals surface area contributed by atoms with Crippen LogP contribution in [0.4, 0.5) is 0 Å². The Morgan fingerprint density at radius 3 is 2.59 bits per heavy atom. The molecule has 0 aliphatic rings. The molecule has 0 saturated carbocycles. The highest BCUT2D eigenvalue weighted by Crippen LogP contribution is 2.20. The van der Waals surface area contributed by atoms with Crippen molar-refractivity contribution in [3.05, 3.63) is 65.2 Å². The molecule has 2 aromatic rings. The fourth-order valence-corrected chi connectivity index (χ4v) is 3.15. The molecule has 0 fully saturated rings. The normalized spacial score (nSPS) is 11.2. The van der Waals surface area contributed by atoms with Gasteiger partial charge < -0.3 is 25.0 Å². The molecule has 7 heteroatoms. The number of carbonyl (C=O) groups excluding carboxylic acids is 1. The van der Waals surface area contributed by atoms with Crippen LogP contribution in [0.5, 0.6) is 5.75 Å². The van der Waals surface area contributed by atoms with Gasteiger partial charge in [0.25, 0.3) is 0 Å². The summed E-state index contributed by atoms with van der Waals surface area (Å²) in [6.45, 7) is 5.01. The molecule has 0 atom stereocenters. The highest BCUT2D eigenvalue weighted by molar-refractivity contribution is 5.81. The number of nitrogens with zero attached hydrogens (tertiary/aromatic N) is 2. The SMILES string of the molecule is CN=C(NCCC(=O)N(C)Cc1ccccc1)NCc1ccc(C)cc1OCCCOC. The van der Waals surface area contributed by atoms with E-state index >= 15 is 0 Å². The molecule has 0 aliphatic heterocycles. The Kier molecular flexibility index (Phi) is 11.1. The molecule has 0 bridgehead atoms. The van der Waals surface area contributed by atoms with Gasteiger partial charge in [-0.05, 0) is 24.1 Å². The molecule has 0 unspecified atom stereocenters. The van der Waals surface area contributed by atoms with E-state index in [1.54, 1.807) is 19.1 Å². The second-order valence-electron chi connectivity index (χ2n) is 7.64. The molecule has 0 spiro atoms. The molecular formula is C25H36N4O3. The maximum absolute atomic E-state index is 12.4. The van der Waals surface area contributed by atoms with Crippen LogP contribution in [0.25, 0.3) is 0 Å². The number of rotatable bonds is 12. The summed E-state index contributed by atoms with van der Waals surface area (Å²) in [6.07, 6.45) is 1.23. The zero-order valence-electron chi connectivity index (χ0n) is 19.7. The van der Waals surface area contributed by atoms with Gasteiger partial charge >= 0.3 is 0 Å². The predicted molar refractivity (Wildman–Crippen MR) is 129 cm³/mol. The molecule has 0 saturated heterocycles.